The lowest BCUT2D eigenvalue weighted by atomic mass is 9.87. The number of ether oxygens (including phenoxy) is 2. The van der Waals surface area contributed by atoms with Crippen LogP contribution < -0.4 is 0 Å². The molecule has 0 aliphatic carbocycles. The SMILES string of the molecule is CCCCCCCCC(O)COC(C)(C)CCOC(C)(C)CC(CC)CCCC. The molecule has 0 spiro atoms. The smallest absolute Gasteiger partial charge is 0.0774 e. The van der Waals surface area contributed by atoms with Crippen molar-refractivity contribution in [2.45, 2.75) is 149 Å². The van der Waals surface area contributed by atoms with Gasteiger partial charge in [-0.1, -0.05) is 85.0 Å². The molecule has 0 rings (SSSR count). The van der Waals surface area contributed by atoms with E-state index >= 15 is 0 Å². The van der Waals surface area contributed by atoms with Gasteiger partial charge < -0.3 is 14.6 Å². The maximum Gasteiger partial charge on any atom is 0.0774 e. The van der Waals surface area contributed by atoms with Gasteiger partial charge in [0.05, 0.1) is 30.5 Å². The largest absolute Gasteiger partial charge is 0.391 e. The summed E-state index contributed by atoms with van der Waals surface area (Å²) in [5, 5.41) is 10.2. The van der Waals surface area contributed by atoms with Crippen molar-refractivity contribution in [2.24, 2.45) is 5.92 Å². The third-order valence-corrected chi connectivity index (χ3v) is 6.08. The molecule has 3 nitrogen and oxygen atoms in total. The Morgan fingerprint density at radius 1 is 0.724 bits per heavy atom. The van der Waals surface area contributed by atoms with Gasteiger partial charge in [-0.25, -0.2) is 0 Å². The van der Waals surface area contributed by atoms with E-state index < -0.39 is 0 Å². The molecule has 0 saturated heterocycles. The van der Waals surface area contributed by atoms with Crippen LogP contribution in [0.5, 0.6) is 0 Å². The maximum absolute atomic E-state index is 10.2. The predicted molar refractivity (Wildman–Crippen MR) is 127 cm³/mol. The van der Waals surface area contributed by atoms with E-state index in [-0.39, 0.29) is 17.3 Å². The van der Waals surface area contributed by atoms with Gasteiger partial charge in [-0.2, -0.15) is 0 Å². The second-order valence-corrected chi connectivity index (χ2v) is 10.3. The predicted octanol–water partition coefficient (Wildman–Crippen LogP) is 7.68. The zero-order chi connectivity index (χ0) is 22.2. The molecular weight excluding hydrogens is 360 g/mol. The molecule has 0 amide bonds. The van der Waals surface area contributed by atoms with Crippen molar-refractivity contribution in [3.63, 3.8) is 0 Å². The molecule has 0 radical (unpaired) electrons. The number of aliphatic hydroxyl groups excluding tert-OH is 1. The zero-order valence-electron chi connectivity index (χ0n) is 21.0. The molecule has 0 aliphatic rings. The van der Waals surface area contributed by atoms with Gasteiger partial charge in [-0.15, -0.1) is 0 Å². The van der Waals surface area contributed by atoms with E-state index in [1.807, 2.05) is 0 Å². The van der Waals surface area contributed by atoms with Crippen LogP contribution in [0, 0.1) is 5.92 Å². The van der Waals surface area contributed by atoms with E-state index in [1.54, 1.807) is 0 Å². The molecule has 2 atom stereocenters. The number of rotatable bonds is 20. The lowest BCUT2D eigenvalue weighted by Crippen LogP contribution is -2.34. The van der Waals surface area contributed by atoms with Gasteiger partial charge in [-0.05, 0) is 52.9 Å². The van der Waals surface area contributed by atoms with Crippen LogP contribution >= 0.6 is 0 Å². The van der Waals surface area contributed by atoms with Crippen LogP contribution in [0.15, 0.2) is 0 Å². The van der Waals surface area contributed by atoms with Crippen molar-refractivity contribution in [1.29, 1.82) is 0 Å². The molecule has 0 bridgehead atoms. The second-order valence-electron chi connectivity index (χ2n) is 10.3. The summed E-state index contributed by atoms with van der Waals surface area (Å²) in [5.41, 5.74) is -0.341. The van der Waals surface area contributed by atoms with Crippen LogP contribution in [0.3, 0.4) is 0 Å². The minimum absolute atomic E-state index is 0.0816. The molecule has 0 aromatic rings. The molecule has 0 fully saturated rings. The Bertz CT molecular complexity index is 365. The highest BCUT2D eigenvalue weighted by molar-refractivity contribution is 4.76. The summed E-state index contributed by atoms with van der Waals surface area (Å²) in [4.78, 5) is 0. The molecule has 0 heterocycles. The van der Waals surface area contributed by atoms with Crippen LogP contribution in [0.2, 0.25) is 0 Å². The average molecular weight is 415 g/mol. The first-order valence-electron chi connectivity index (χ1n) is 12.6. The Hall–Kier alpha value is -0.120. The summed E-state index contributed by atoms with van der Waals surface area (Å²) >= 11 is 0. The first-order chi connectivity index (χ1) is 13.7. The fourth-order valence-corrected chi connectivity index (χ4v) is 3.91. The fraction of sp³-hybridized carbons (Fsp3) is 1.00. The number of aliphatic hydroxyl groups is 1. The zero-order valence-corrected chi connectivity index (χ0v) is 21.0. The normalized spacial score (nSPS) is 14.9. The minimum atomic E-state index is -0.346. The highest BCUT2D eigenvalue weighted by Gasteiger charge is 2.25. The molecule has 3 heteroatoms. The molecule has 2 unspecified atom stereocenters. The van der Waals surface area contributed by atoms with Crippen LogP contribution in [0.4, 0.5) is 0 Å². The molecule has 0 aliphatic heterocycles. The van der Waals surface area contributed by atoms with Crippen molar-refractivity contribution >= 4 is 0 Å². The molecule has 29 heavy (non-hydrogen) atoms. The van der Waals surface area contributed by atoms with Gasteiger partial charge in [0, 0.05) is 0 Å². The highest BCUT2D eigenvalue weighted by Crippen LogP contribution is 2.27. The molecule has 0 aromatic heterocycles. The molecule has 0 saturated carbocycles. The Morgan fingerprint density at radius 3 is 1.97 bits per heavy atom. The summed E-state index contributed by atoms with van der Waals surface area (Å²) in [5.74, 6) is 0.756. The maximum atomic E-state index is 10.2. The molecule has 0 aromatic carbocycles. The summed E-state index contributed by atoms with van der Waals surface area (Å²) in [6.45, 7) is 16.6. The summed E-state index contributed by atoms with van der Waals surface area (Å²) in [6.07, 6.45) is 15.2. The number of hydrogen-bond donors (Lipinski definition) is 1. The highest BCUT2D eigenvalue weighted by atomic mass is 16.5. The summed E-state index contributed by atoms with van der Waals surface area (Å²) in [6, 6.07) is 0. The quantitative estimate of drug-likeness (QED) is 0.208. The first kappa shape index (κ1) is 28.9. The van der Waals surface area contributed by atoms with Gasteiger partial charge in [-0.3, -0.25) is 0 Å². The van der Waals surface area contributed by atoms with E-state index in [9.17, 15) is 5.11 Å². The lowest BCUT2D eigenvalue weighted by Gasteiger charge is -2.32. The van der Waals surface area contributed by atoms with Crippen molar-refractivity contribution in [3.05, 3.63) is 0 Å². The fourth-order valence-electron chi connectivity index (χ4n) is 3.91. The van der Waals surface area contributed by atoms with Gasteiger partial charge >= 0.3 is 0 Å². The van der Waals surface area contributed by atoms with E-state index in [1.165, 1.54) is 57.8 Å². The monoisotopic (exact) mass is 414 g/mol. The lowest BCUT2D eigenvalue weighted by molar-refractivity contribution is -0.0961. The first-order valence-corrected chi connectivity index (χ1v) is 12.6. The van der Waals surface area contributed by atoms with E-state index in [0.717, 1.165) is 31.6 Å². The van der Waals surface area contributed by atoms with E-state index in [4.69, 9.17) is 9.47 Å². The Labute approximate surface area is 183 Å². The van der Waals surface area contributed by atoms with Gasteiger partial charge in [0.15, 0.2) is 0 Å². The van der Waals surface area contributed by atoms with Gasteiger partial charge in [0.1, 0.15) is 0 Å². The van der Waals surface area contributed by atoms with Crippen molar-refractivity contribution in [2.75, 3.05) is 13.2 Å². The van der Waals surface area contributed by atoms with E-state index in [0.29, 0.717) is 13.2 Å². The summed E-state index contributed by atoms with van der Waals surface area (Å²) < 4.78 is 12.3. The van der Waals surface area contributed by atoms with Gasteiger partial charge in [0.25, 0.3) is 0 Å². The van der Waals surface area contributed by atoms with Crippen molar-refractivity contribution < 1.29 is 14.6 Å². The van der Waals surface area contributed by atoms with Crippen LogP contribution in [0.25, 0.3) is 0 Å². The number of hydrogen-bond acceptors (Lipinski definition) is 3. The average Bonchev–Trinajstić information content (AvgIpc) is 2.66. The van der Waals surface area contributed by atoms with Crippen molar-refractivity contribution in [1.82, 2.24) is 0 Å². The molecule has 1 N–H and O–H groups in total. The van der Waals surface area contributed by atoms with Crippen LogP contribution in [-0.2, 0) is 9.47 Å². The minimum Gasteiger partial charge on any atom is -0.391 e. The number of unbranched alkanes of at least 4 members (excludes halogenated alkanes) is 6. The third kappa shape index (κ3) is 17.3. The van der Waals surface area contributed by atoms with Gasteiger partial charge in [0.2, 0.25) is 0 Å². The Balaban J connectivity index is 4.02. The third-order valence-electron chi connectivity index (χ3n) is 6.08. The summed E-state index contributed by atoms with van der Waals surface area (Å²) in [7, 11) is 0. The topological polar surface area (TPSA) is 38.7 Å². The standard InChI is InChI=1S/C26H54O3/c1-8-11-13-14-15-16-18-24(27)22-29-25(4,5)19-20-28-26(6,7)21-23(10-3)17-12-9-2/h23-24,27H,8-22H2,1-7H3. The van der Waals surface area contributed by atoms with Crippen LogP contribution in [-0.4, -0.2) is 35.6 Å². The van der Waals surface area contributed by atoms with E-state index in [2.05, 4.69) is 48.5 Å². The van der Waals surface area contributed by atoms with Crippen molar-refractivity contribution in [3.8, 4) is 0 Å². The van der Waals surface area contributed by atoms with Crippen LogP contribution in [0.1, 0.15) is 132 Å². The Morgan fingerprint density at radius 2 is 1.34 bits per heavy atom. The molecular formula is C26H54O3. The second kappa shape index (κ2) is 16.6. The Kier molecular flexibility index (Phi) is 16.5. The molecule has 176 valence electrons.